The fraction of sp³-hybridized carbons (Fsp3) is 0.341. The smallest absolute Gasteiger partial charge is 0.328 e. The second-order valence-electron chi connectivity index (χ2n) is 12.5. The number of nitrogens with one attached hydrogen (secondary N) is 1. The summed E-state index contributed by atoms with van der Waals surface area (Å²) >= 11 is 0. The lowest BCUT2D eigenvalue weighted by atomic mass is 9.86. The van der Waals surface area contributed by atoms with Crippen molar-refractivity contribution in [2.75, 3.05) is 25.6 Å². The Kier molecular flexibility index (Phi) is 12.8. The Hall–Kier alpha value is -4.91. The molecule has 1 aliphatic carbocycles. The summed E-state index contributed by atoms with van der Waals surface area (Å²) in [5, 5.41) is 3.26. The Morgan fingerprint density at radius 1 is 0.792 bits per heavy atom. The van der Waals surface area contributed by atoms with E-state index in [2.05, 4.69) is 17.4 Å². The van der Waals surface area contributed by atoms with Gasteiger partial charge in [0.05, 0.1) is 13.7 Å². The number of para-hydroxylation sites is 1. The first kappa shape index (κ1) is 34.4. The van der Waals surface area contributed by atoms with Crippen molar-refractivity contribution in [3.05, 3.63) is 131 Å². The maximum absolute atomic E-state index is 13.3. The van der Waals surface area contributed by atoms with E-state index >= 15 is 0 Å². The number of carbonyl (C=O) groups is 3. The van der Waals surface area contributed by atoms with E-state index in [1.54, 1.807) is 24.3 Å². The van der Waals surface area contributed by atoms with Crippen LogP contribution < -0.4 is 10.1 Å². The van der Waals surface area contributed by atoms with Crippen molar-refractivity contribution in [2.24, 2.45) is 5.92 Å². The molecule has 0 aromatic heterocycles. The molecular formula is C41H46N2O5. The third-order valence-corrected chi connectivity index (χ3v) is 8.98. The highest BCUT2D eigenvalue weighted by atomic mass is 16.5. The van der Waals surface area contributed by atoms with Gasteiger partial charge in [0.1, 0.15) is 11.8 Å². The standard InChI is InChI=1S/C41H46N2O5/c1-47-41(46)38(42-37-21-12-11-20-36(37)40(45)34-18-9-4-10-19-34)28-32-22-24-35(25-23-32)48-27-13-26-43(30-33-16-7-3-8-17-33)39(44)29-31-14-5-2-6-15-31/h3-4,7-12,16-25,31,38,42H,2,5-6,13-15,26-30H2,1H3. The number of methoxy groups -OCH3 is 1. The molecule has 7 heteroatoms. The van der Waals surface area contributed by atoms with E-state index < -0.39 is 12.0 Å². The van der Waals surface area contributed by atoms with Crippen LogP contribution in [0.5, 0.6) is 5.75 Å². The van der Waals surface area contributed by atoms with Gasteiger partial charge >= 0.3 is 5.97 Å². The molecule has 1 atom stereocenters. The predicted octanol–water partition coefficient (Wildman–Crippen LogP) is 7.88. The zero-order valence-corrected chi connectivity index (χ0v) is 27.8. The van der Waals surface area contributed by atoms with E-state index in [-0.39, 0.29) is 11.7 Å². The van der Waals surface area contributed by atoms with Gasteiger partial charge in [-0.25, -0.2) is 4.79 Å². The number of ketones is 1. The average molecular weight is 647 g/mol. The molecule has 250 valence electrons. The molecule has 1 N–H and O–H groups in total. The Labute approximate surface area is 284 Å². The number of amides is 1. The largest absolute Gasteiger partial charge is 0.494 e. The molecule has 4 aromatic carbocycles. The number of ether oxygens (including phenoxy) is 2. The maximum Gasteiger partial charge on any atom is 0.328 e. The van der Waals surface area contributed by atoms with Crippen molar-refractivity contribution < 1.29 is 23.9 Å². The second-order valence-corrected chi connectivity index (χ2v) is 12.5. The highest BCUT2D eigenvalue weighted by molar-refractivity contribution is 6.12. The first-order valence-corrected chi connectivity index (χ1v) is 17.1. The fourth-order valence-electron chi connectivity index (χ4n) is 6.34. The van der Waals surface area contributed by atoms with Crippen molar-refractivity contribution in [3.63, 3.8) is 0 Å². The van der Waals surface area contributed by atoms with Crippen LogP contribution in [0.2, 0.25) is 0 Å². The van der Waals surface area contributed by atoms with E-state index in [1.165, 1.54) is 26.4 Å². The lowest BCUT2D eigenvalue weighted by molar-refractivity contribution is -0.141. The molecule has 0 spiro atoms. The molecule has 7 nitrogen and oxygen atoms in total. The molecule has 0 heterocycles. The number of benzene rings is 4. The van der Waals surface area contributed by atoms with Crippen molar-refractivity contribution in [3.8, 4) is 5.75 Å². The number of rotatable bonds is 16. The van der Waals surface area contributed by atoms with Crippen LogP contribution in [0, 0.1) is 5.92 Å². The molecule has 0 bridgehead atoms. The summed E-state index contributed by atoms with van der Waals surface area (Å²) in [6, 6.07) is 33.4. The fourth-order valence-corrected chi connectivity index (χ4v) is 6.34. The molecule has 1 fully saturated rings. The monoisotopic (exact) mass is 646 g/mol. The third kappa shape index (κ3) is 10.0. The minimum Gasteiger partial charge on any atom is -0.494 e. The van der Waals surface area contributed by atoms with Gasteiger partial charge in [0, 0.05) is 42.7 Å². The summed E-state index contributed by atoms with van der Waals surface area (Å²) < 4.78 is 11.2. The van der Waals surface area contributed by atoms with E-state index in [0.717, 1.165) is 36.1 Å². The van der Waals surface area contributed by atoms with Gasteiger partial charge in [-0.2, -0.15) is 0 Å². The first-order chi connectivity index (χ1) is 23.5. The Morgan fingerprint density at radius 2 is 1.46 bits per heavy atom. The van der Waals surface area contributed by atoms with Crippen LogP contribution in [0.3, 0.4) is 0 Å². The molecule has 1 unspecified atom stereocenters. The summed E-state index contributed by atoms with van der Waals surface area (Å²) in [6.45, 7) is 1.74. The van der Waals surface area contributed by atoms with Crippen molar-refractivity contribution >= 4 is 23.3 Å². The van der Waals surface area contributed by atoms with E-state index in [9.17, 15) is 14.4 Å². The summed E-state index contributed by atoms with van der Waals surface area (Å²) in [5.74, 6) is 0.912. The summed E-state index contributed by atoms with van der Waals surface area (Å²) in [7, 11) is 1.36. The molecule has 0 aliphatic heterocycles. The molecule has 5 rings (SSSR count). The van der Waals surface area contributed by atoms with Gasteiger partial charge in [0.25, 0.3) is 0 Å². The van der Waals surface area contributed by atoms with Gasteiger partial charge in [0.15, 0.2) is 5.78 Å². The number of hydrogen-bond acceptors (Lipinski definition) is 6. The first-order valence-electron chi connectivity index (χ1n) is 17.1. The minimum atomic E-state index is -0.701. The second kappa shape index (κ2) is 17.9. The van der Waals surface area contributed by atoms with E-state index in [1.807, 2.05) is 77.7 Å². The number of carbonyl (C=O) groups excluding carboxylic acids is 3. The lowest BCUT2D eigenvalue weighted by Crippen LogP contribution is -2.33. The Morgan fingerprint density at radius 3 is 2.17 bits per heavy atom. The Balaban J connectivity index is 1.16. The van der Waals surface area contributed by atoms with Gasteiger partial charge in [-0.05, 0) is 60.6 Å². The van der Waals surface area contributed by atoms with Gasteiger partial charge in [0.2, 0.25) is 5.91 Å². The molecule has 0 saturated heterocycles. The van der Waals surface area contributed by atoms with Gasteiger partial charge in [-0.3, -0.25) is 9.59 Å². The van der Waals surface area contributed by atoms with Gasteiger partial charge < -0.3 is 19.7 Å². The molecule has 1 saturated carbocycles. The van der Waals surface area contributed by atoms with Gasteiger partial charge in [-0.1, -0.05) is 104 Å². The lowest BCUT2D eigenvalue weighted by Gasteiger charge is -2.27. The predicted molar refractivity (Wildman–Crippen MR) is 189 cm³/mol. The molecule has 4 aromatic rings. The number of nitrogens with zero attached hydrogens (tertiary/aromatic N) is 1. The molecule has 0 radical (unpaired) electrons. The maximum atomic E-state index is 13.3. The van der Waals surface area contributed by atoms with Crippen molar-refractivity contribution in [2.45, 2.75) is 64.0 Å². The number of esters is 1. The van der Waals surface area contributed by atoms with Crippen LogP contribution in [0.1, 0.15) is 72.0 Å². The summed E-state index contributed by atoms with van der Waals surface area (Å²) in [6.07, 6.45) is 7.76. The Bertz CT molecular complexity index is 1600. The van der Waals surface area contributed by atoms with Crippen LogP contribution in [0.15, 0.2) is 109 Å². The number of hydrogen-bond donors (Lipinski definition) is 1. The van der Waals surface area contributed by atoms with E-state index in [4.69, 9.17) is 9.47 Å². The SMILES string of the molecule is COC(=O)C(Cc1ccc(OCCCN(Cc2ccccc2)C(=O)CC2CCCCC2)cc1)Nc1ccccc1C(=O)c1ccccc1. The molecule has 1 amide bonds. The molecule has 1 aliphatic rings. The van der Waals surface area contributed by atoms with Crippen LogP contribution in [0.4, 0.5) is 5.69 Å². The van der Waals surface area contributed by atoms with Crippen LogP contribution >= 0.6 is 0 Å². The molecular weight excluding hydrogens is 600 g/mol. The third-order valence-electron chi connectivity index (χ3n) is 8.98. The summed E-state index contributed by atoms with van der Waals surface area (Å²) in [4.78, 5) is 41.4. The highest BCUT2D eigenvalue weighted by Gasteiger charge is 2.23. The quantitative estimate of drug-likeness (QED) is 0.0758. The number of anilines is 1. The molecule has 48 heavy (non-hydrogen) atoms. The zero-order chi connectivity index (χ0) is 33.6. The van der Waals surface area contributed by atoms with Crippen LogP contribution in [-0.2, 0) is 27.3 Å². The summed E-state index contributed by atoms with van der Waals surface area (Å²) in [5.41, 5.74) is 3.68. The van der Waals surface area contributed by atoms with E-state index in [0.29, 0.717) is 55.3 Å². The topological polar surface area (TPSA) is 84.9 Å². The van der Waals surface area contributed by atoms with Crippen LogP contribution in [-0.4, -0.2) is 48.9 Å². The highest BCUT2D eigenvalue weighted by Crippen LogP contribution is 2.27. The van der Waals surface area contributed by atoms with Crippen LogP contribution in [0.25, 0.3) is 0 Å². The minimum absolute atomic E-state index is 0.124. The van der Waals surface area contributed by atoms with Gasteiger partial charge in [-0.15, -0.1) is 0 Å². The van der Waals surface area contributed by atoms with Crippen molar-refractivity contribution in [1.29, 1.82) is 0 Å². The average Bonchev–Trinajstić information content (AvgIpc) is 3.14. The van der Waals surface area contributed by atoms with Crippen molar-refractivity contribution in [1.82, 2.24) is 4.90 Å². The zero-order valence-electron chi connectivity index (χ0n) is 27.8. The normalized spacial score (nSPS) is 13.7.